The van der Waals surface area contributed by atoms with Crippen LogP contribution >= 0.6 is 0 Å². The van der Waals surface area contributed by atoms with Crippen LogP contribution in [0.2, 0.25) is 0 Å². The van der Waals surface area contributed by atoms with Gasteiger partial charge in [0.2, 0.25) is 5.91 Å². The molecule has 1 aliphatic rings. The Morgan fingerprint density at radius 2 is 2.08 bits per heavy atom. The summed E-state index contributed by atoms with van der Waals surface area (Å²) in [4.78, 5) is 14.9. The van der Waals surface area contributed by atoms with E-state index in [0.717, 1.165) is 25.8 Å². The number of hydrogen-bond acceptors (Lipinski definition) is 3. The number of benzene rings is 1. The Morgan fingerprint density at radius 3 is 2.76 bits per heavy atom. The molecule has 2 aromatic rings. The summed E-state index contributed by atoms with van der Waals surface area (Å²) in [6.45, 7) is 2.92. The first-order valence-corrected chi connectivity index (χ1v) is 9.25. The highest BCUT2D eigenvalue weighted by atomic mass is 16.4. The van der Waals surface area contributed by atoms with E-state index in [1.54, 1.807) is 18.4 Å². The molecule has 1 aromatic carbocycles. The largest absolute Gasteiger partial charge is 0.467 e. The summed E-state index contributed by atoms with van der Waals surface area (Å²) in [5.41, 5.74) is 1.23. The fourth-order valence-corrected chi connectivity index (χ4v) is 3.81. The second-order valence-corrected chi connectivity index (χ2v) is 6.87. The van der Waals surface area contributed by atoms with Crippen LogP contribution < -0.4 is 0 Å². The first-order valence-electron chi connectivity index (χ1n) is 9.25. The summed E-state index contributed by atoms with van der Waals surface area (Å²) in [6, 6.07) is 13.9. The van der Waals surface area contributed by atoms with E-state index in [2.05, 4.69) is 19.1 Å². The number of carbonyl (C=O) groups is 1. The summed E-state index contributed by atoms with van der Waals surface area (Å²) >= 11 is 0. The molecule has 0 spiro atoms. The molecule has 3 atom stereocenters. The first kappa shape index (κ1) is 17.7. The van der Waals surface area contributed by atoms with Crippen molar-refractivity contribution in [2.45, 2.75) is 57.1 Å². The normalized spacial score (nSPS) is 19.8. The number of rotatable bonds is 7. The molecule has 1 aromatic heterocycles. The minimum Gasteiger partial charge on any atom is -0.467 e. The second-order valence-electron chi connectivity index (χ2n) is 6.87. The Labute approximate surface area is 149 Å². The fraction of sp³-hybridized carbons (Fsp3) is 0.476. The maximum Gasteiger partial charge on any atom is 0.223 e. The highest BCUT2D eigenvalue weighted by molar-refractivity contribution is 5.77. The Morgan fingerprint density at radius 1 is 1.28 bits per heavy atom. The summed E-state index contributed by atoms with van der Waals surface area (Å²) in [5, 5.41) is 10.3. The van der Waals surface area contributed by atoms with Gasteiger partial charge in [-0.25, -0.2) is 0 Å². The van der Waals surface area contributed by atoms with E-state index in [4.69, 9.17) is 4.42 Å². The monoisotopic (exact) mass is 341 g/mol. The van der Waals surface area contributed by atoms with Crippen molar-refractivity contribution in [1.82, 2.24) is 4.90 Å². The Bertz CT molecular complexity index is 653. The van der Waals surface area contributed by atoms with Gasteiger partial charge in [0.15, 0.2) is 0 Å². The molecule has 1 amide bonds. The zero-order valence-corrected chi connectivity index (χ0v) is 14.8. The van der Waals surface area contributed by atoms with Crippen LogP contribution in [-0.4, -0.2) is 28.5 Å². The first-order chi connectivity index (χ1) is 12.2. The average molecular weight is 341 g/mol. The number of nitrogens with zero attached hydrogens (tertiary/aromatic N) is 1. The van der Waals surface area contributed by atoms with Gasteiger partial charge in [-0.15, -0.1) is 0 Å². The third-order valence-corrected chi connectivity index (χ3v) is 5.25. The molecule has 4 nitrogen and oxygen atoms in total. The fourth-order valence-electron chi connectivity index (χ4n) is 3.81. The van der Waals surface area contributed by atoms with Crippen molar-refractivity contribution >= 4 is 5.91 Å². The molecule has 0 bridgehead atoms. The van der Waals surface area contributed by atoms with Crippen molar-refractivity contribution in [3.63, 3.8) is 0 Å². The van der Waals surface area contributed by atoms with Gasteiger partial charge in [-0.05, 0) is 42.9 Å². The molecule has 4 heteroatoms. The molecule has 25 heavy (non-hydrogen) atoms. The van der Waals surface area contributed by atoms with Crippen LogP contribution in [0.5, 0.6) is 0 Å². The van der Waals surface area contributed by atoms with Crippen LogP contribution in [0.4, 0.5) is 0 Å². The van der Waals surface area contributed by atoms with Gasteiger partial charge in [0.05, 0.1) is 6.26 Å². The van der Waals surface area contributed by atoms with Crippen LogP contribution in [0.15, 0.2) is 53.1 Å². The van der Waals surface area contributed by atoms with Gasteiger partial charge in [-0.1, -0.05) is 37.3 Å². The van der Waals surface area contributed by atoms with Gasteiger partial charge in [0.25, 0.3) is 0 Å². The molecule has 1 fully saturated rings. The molecule has 0 radical (unpaired) electrons. The lowest BCUT2D eigenvalue weighted by Gasteiger charge is -2.28. The van der Waals surface area contributed by atoms with Crippen LogP contribution in [0, 0.1) is 0 Å². The van der Waals surface area contributed by atoms with Gasteiger partial charge in [-0.3, -0.25) is 4.79 Å². The molecule has 0 aliphatic carbocycles. The van der Waals surface area contributed by atoms with Crippen molar-refractivity contribution in [3.05, 3.63) is 60.1 Å². The molecule has 0 saturated carbocycles. The van der Waals surface area contributed by atoms with Crippen molar-refractivity contribution in [2.75, 3.05) is 6.54 Å². The number of carbonyl (C=O) groups excluding carboxylic acids is 1. The predicted molar refractivity (Wildman–Crippen MR) is 97.1 cm³/mol. The average Bonchev–Trinajstić information content (AvgIpc) is 3.32. The van der Waals surface area contributed by atoms with E-state index in [9.17, 15) is 9.90 Å². The molecule has 2 heterocycles. The number of hydrogen-bond donors (Lipinski definition) is 1. The van der Waals surface area contributed by atoms with E-state index in [-0.39, 0.29) is 17.9 Å². The van der Waals surface area contributed by atoms with Crippen molar-refractivity contribution in [3.8, 4) is 0 Å². The molecular formula is C21H27NO3. The number of likely N-dealkylation sites (tertiary alicyclic amines) is 1. The topological polar surface area (TPSA) is 53.7 Å². The Balaban J connectivity index is 1.62. The highest BCUT2D eigenvalue weighted by Crippen LogP contribution is 2.30. The molecule has 1 N–H and O–H groups in total. The maximum absolute atomic E-state index is 12.9. The van der Waals surface area contributed by atoms with E-state index < -0.39 is 6.10 Å². The zero-order valence-electron chi connectivity index (χ0n) is 14.8. The minimum absolute atomic E-state index is 0.0980. The standard InChI is InChI=1S/C21H27NO3/c1-2-16(17-8-4-3-5-9-17)14-21(24)22-12-6-10-18(22)15-19(23)20-11-7-13-25-20/h3-5,7-9,11,13,16,18-19,23H,2,6,10,12,14-15H2,1H3. The third kappa shape index (κ3) is 4.31. The molecule has 134 valence electrons. The van der Waals surface area contributed by atoms with Gasteiger partial charge in [0, 0.05) is 25.4 Å². The van der Waals surface area contributed by atoms with Gasteiger partial charge in [0.1, 0.15) is 11.9 Å². The minimum atomic E-state index is -0.649. The predicted octanol–water partition coefficient (Wildman–Crippen LogP) is 4.28. The number of aliphatic hydroxyl groups is 1. The molecule has 3 rings (SSSR count). The lowest BCUT2D eigenvalue weighted by atomic mass is 9.92. The summed E-state index contributed by atoms with van der Waals surface area (Å²) in [5.74, 6) is 1.03. The highest BCUT2D eigenvalue weighted by Gasteiger charge is 2.32. The molecule has 1 aliphatic heterocycles. The number of amides is 1. The van der Waals surface area contributed by atoms with E-state index in [0.29, 0.717) is 18.6 Å². The second kappa shape index (κ2) is 8.34. The van der Waals surface area contributed by atoms with Gasteiger partial charge in [-0.2, -0.15) is 0 Å². The maximum atomic E-state index is 12.9. The Kier molecular flexibility index (Phi) is 5.92. The van der Waals surface area contributed by atoms with E-state index >= 15 is 0 Å². The Hall–Kier alpha value is -2.07. The molecule has 1 saturated heterocycles. The number of furan rings is 1. The number of aliphatic hydroxyl groups excluding tert-OH is 1. The van der Waals surface area contributed by atoms with Crippen LogP contribution in [0.1, 0.15) is 62.4 Å². The van der Waals surface area contributed by atoms with Crippen molar-refractivity contribution in [1.29, 1.82) is 0 Å². The van der Waals surface area contributed by atoms with Crippen molar-refractivity contribution in [2.24, 2.45) is 0 Å². The molecule has 3 unspecified atom stereocenters. The lowest BCUT2D eigenvalue weighted by Crippen LogP contribution is -2.37. The van der Waals surface area contributed by atoms with Crippen LogP contribution in [-0.2, 0) is 4.79 Å². The lowest BCUT2D eigenvalue weighted by molar-refractivity contribution is -0.133. The van der Waals surface area contributed by atoms with Gasteiger partial charge < -0.3 is 14.4 Å². The van der Waals surface area contributed by atoms with E-state index in [1.165, 1.54) is 5.56 Å². The quantitative estimate of drug-likeness (QED) is 0.818. The third-order valence-electron chi connectivity index (χ3n) is 5.25. The SMILES string of the molecule is CCC(CC(=O)N1CCCC1CC(O)c1ccco1)c1ccccc1. The summed E-state index contributed by atoms with van der Waals surface area (Å²) in [6.07, 6.45) is 4.90. The van der Waals surface area contributed by atoms with Crippen LogP contribution in [0.3, 0.4) is 0 Å². The summed E-state index contributed by atoms with van der Waals surface area (Å²) in [7, 11) is 0. The van der Waals surface area contributed by atoms with Crippen LogP contribution in [0.25, 0.3) is 0 Å². The van der Waals surface area contributed by atoms with Gasteiger partial charge >= 0.3 is 0 Å². The molecular weight excluding hydrogens is 314 g/mol. The van der Waals surface area contributed by atoms with E-state index in [1.807, 2.05) is 23.1 Å². The zero-order chi connectivity index (χ0) is 17.6. The van der Waals surface area contributed by atoms with Crippen molar-refractivity contribution < 1.29 is 14.3 Å². The summed E-state index contributed by atoms with van der Waals surface area (Å²) < 4.78 is 5.29. The smallest absolute Gasteiger partial charge is 0.223 e.